The van der Waals surface area contributed by atoms with E-state index in [1.54, 1.807) is 17.8 Å². The molecular weight excluding hydrogens is 439 g/mol. The Morgan fingerprint density at radius 3 is 2.62 bits per heavy atom. The Kier molecular flexibility index (Phi) is 5.83. The fourth-order valence-electron chi connectivity index (χ4n) is 3.43. The molecule has 4 N–H and O–H groups in total. The average molecular weight is 462 g/mol. The van der Waals surface area contributed by atoms with E-state index in [0.717, 1.165) is 39.2 Å². The van der Waals surface area contributed by atoms with Crippen molar-refractivity contribution in [1.29, 1.82) is 0 Å². The number of anilines is 1. The van der Waals surface area contributed by atoms with Crippen molar-refractivity contribution in [3.8, 4) is 10.4 Å². The predicted octanol–water partition coefficient (Wildman–Crippen LogP) is 4.38. The summed E-state index contributed by atoms with van der Waals surface area (Å²) in [6, 6.07) is 10.3. The van der Waals surface area contributed by atoms with E-state index in [-0.39, 0.29) is 17.8 Å². The van der Waals surface area contributed by atoms with E-state index < -0.39 is 11.7 Å². The molecule has 0 amide bonds. The summed E-state index contributed by atoms with van der Waals surface area (Å²) in [4.78, 5) is 19.9. The Bertz CT molecular complexity index is 1290. The van der Waals surface area contributed by atoms with E-state index in [9.17, 15) is 18.0 Å². The number of aromatic nitrogens is 3. The van der Waals surface area contributed by atoms with Gasteiger partial charge in [0, 0.05) is 25.3 Å². The Morgan fingerprint density at radius 1 is 1.22 bits per heavy atom. The molecule has 0 unspecified atom stereocenters. The molecule has 0 fully saturated rings. The third-order valence-corrected chi connectivity index (χ3v) is 6.42. The summed E-state index contributed by atoms with van der Waals surface area (Å²) in [7, 11) is 1.71. The number of halogens is 3. The number of nitrogens with one attached hydrogen (secondary N) is 2. The maximum atomic E-state index is 12.7. The SMILES string of the molecule is C[C@@H](Nc1ncc(-c2ccc3[nH]c(=O)n(C)c3c2)s1)[C@H](N)Cc1ccc(C(F)(F)F)cc1. The van der Waals surface area contributed by atoms with Gasteiger partial charge in [0.1, 0.15) is 0 Å². The van der Waals surface area contributed by atoms with Gasteiger partial charge in [-0.05, 0) is 48.7 Å². The highest BCUT2D eigenvalue weighted by Crippen LogP contribution is 2.31. The van der Waals surface area contributed by atoms with Crippen molar-refractivity contribution in [3.05, 3.63) is 70.3 Å². The van der Waals surface area contributed by atoms with Crippen molar-refractivity contribution in [2.45, 2.75) is 31.6 Å². The lowest BCUT2D eigenvalue weighted by atomic mass is 10.0. The number of hydrogen-bond acceptors (Lipinski definition) is 5. The first-order chi connectivity index (χ1) is 15.1. The number of hydrogen-bond donors (Lipinski definition) is 3. The molecular formula is C22H22F3N5OS. The number of benzene rings is 2. The van der Waals surface area contributed by atoms with Crippen LogP contribution in [0.4, 0.5) is 18.3 Å². The first kappa shape index (κ1) is 22.1. The highest BCUT2D eigenvalue weighted by atomic mass is 32.1. The second-order valence-corrected chi connectivity index (χ2v) is 8.78. The summed E-state index contributed by atoms with van der Waals surface area (Å²) in [5.41, 5.74) is 8.70. The van der Waals surface area contributed by atoms with Crippen molar-refractivity contribution in [2.75, 3.05) is 5.32 Å². The first-order valence-electron chi connectivity index (χ1n) is 9.95. The van der Waals surface area contributed by atoms with Crippen LogP contribution in [0.25, 0.3) is 21.5 Å². The molecule has 6 nitrogen and oxygen atoms in total. The van der Waals surface area contributed by atoms with Crippen LogP contribution in [-0.4, -0.2) is 26.6 Å². The molecule has 2 aromatic heterocycles. The zero-order chi connectivity index (χ0) is 23.0. The minimum absolute atomic E-state index is 0.149. The predicted molar refractivity (Wildman–Crippen MR) is 121 cm³/mol. The van der Waals surface area contributed by atoms with Gasteiger partial charge in [-0.3, -0.25) is 4.57 Å². The smallest absolute Gasteiger partial charge is 0.357 e. The second-order valence-electron chi connectivity index (χ2n) is 7.75. The van der Waals surface area contributed by atoms with Crippen LogP contribution in [0.15, 0.2) is 53.5 Å². The molecule has 32 heavy (non-hydrogen) atoms. The number of rotatable bonds is 6. The number of nitrogens with zero attached hydrogens (tertiary/aromatic N) is 2. The van der Waals surface area contributed by atoms with E-state index in [1.807, 2.05) is 25.1 Å². The average Bonchev–Trinajstić information content (AvgIpc) is 3.32. The molecule has 0 aliphatic carbocycles. The minimum atomic E-state index is -4.35. The van der Waals surface area contributed by atoms with Gasteiger partial charge in [-0.15, -0.1) is 0 Å². The maximum Gasteiger partial charge on any atom is 0.416 e. The largest absolute Gasteiger partial charge is 0.416 e. The first-order valence-corrected chi connectivity index (χ1v) is 10.8. The minimum Gasteiger partial charge on any atom is -0.357 e. The summed E-state index contributed by atoms with van der Waals surface area (Å²) < 4.78 is 39.7. The summed E-state index contributed by atoms with van der Waals surface area (Å²) in [6.45, 7) is 1.91. The molecule has 0 bridgehead atoms. The molecule has 0 spiro atoms. The molecule has 2 aromatic carbocycles. The number of fused-ring (bicyclic) bond motifs is 1. The highest BCUT2D eigenvalue weighted by molar-refractivity contribution is 7.18. The Morgan fingerprint density at radius 2 is 1.94 bits per heavy atom. The van der Waals surface area contributed by atoms with E-state index in [4.69, 9.17) is 5.73 Å². The zero-order valence-electron chi connectivity index (χ0n) is 17.4. The normalized spacial score (nSPS) is 13.9. The third-order valence-electron chi connectivity index (χ3n) is 5.44. The monoisotopic (exact) mass is 461 g/mol. The van der Waals surface area contributed by atoms with Gasteiger partial charge in [0.05, 0.1) is 21.5 Å². The fraction of sp³-hybridized carbons (Fsp3) is 0.273. The van der Waals surface area contributed by atoms with Gasteiger partial charge in [0.25, 0.3) is 0 Å². The number of aromatic amines is 1. The summed E-state index contributed by atoms with van der Waals surface area (Å²) in [5, 5.41) is 3.97. The summed E-state index contributed by atoms with van der Waals surface area (Å²) >= 11 is 1.46. The van der Waals surface area contributed by atoms with Crippen molar-refractivity contribution < 1.29 is 13.2 Å². The van der Waals surface area contributed by atoms with E-state index in [0.29, 0.717) is 11.6 Å². The summed E-state index contributed by atoms with van der Waals surface area (Å²) in [5.74, 6) is 0. The Labute approximate surface area is 185 Å². The number of thiazole rings is 1. The zero-order valence-corrected chi connectivity index (χ0v) is 18.2. The number of imidazole rings is 1. The van der Waals surface area contributed by atoms with E-state index >= 15 is 0 Å². The van der Waals surface area contributed by atoms with Crippen LogP contribution >= 0.6 is 11.3 Å². The molecule has 0 aliphatic heterocycles. The Hall–Kier alpha value is -3.11. The molecule has 168 valence electrons. The summed E-state index contributed by atoms with van der Waals surface area (Å²) in [6.07, 6.45) is -2.16. The molecule has 0 saturated heterocycles. The van der Waals surface area contributed by atoms with Crippen LogP contribution in [0.3, 0.4) is 0 Å². The number of nitrogens with two attached hydrogens (primary N) is 1. The van der Waals surface area contributed by atoms with Crippen molar-refractivity contribution in [2.24, 2.45) is 12.8 Å². The number of alkyl halides is 3. The number of H-pyrrole nitrogens is 1. The molecule has 2 atom stereocenters. The molecule has 10 heteroatoms. The van der Waals surface area contributed by atoms with Gasteiger partial charge in [-0.1, -0.05) is 29.5 Å². The van der Waals surface area contributed by atoms with Crippen LogP contribution in [-0.2, 0) is 19.6 Å². The molecule has 2 heterocycles. The lowest BCUT2D eigenvalue weighted by Gasteiger charge is -2.21. The van der Waals surface area contributed by atoms with E-state index in [2.05, 4.69) is 15.3 Å². The van der Waals surface area contributed by atoms with Crippen LogP contribution in [0.5, 0.6) is 0 Å². The molecule has 4 aromatic rings. The molecule has 4 rings (SSSR count). The van der Waals surface area contributed by atoms with Crippen molar-refractivity contribution >= 4 is 27.5 Å². The number of aryl methyl sites for hydroxylation is 1. The third kappa shape index (κ3) is 4.56. The van der Waals surface area contributed by atoms with Crippen LogP contribution < -0.4 is 16.7 Å². The standard InChI is InChI=1S/C22H22F3N5OS/c1-12(16(26)9-13-3-6-15(7-4-13)22(23,24)25)28-20-27-11-19(32-20)14-5-8-17-18(10-14)30(2)21(31)29-17/h3-8,10-12,16H,9,26H2,1-2H3,(H,27,28)(H,29,31)/t12-,16-/m1/s1. The van der Waals surface area contributed by atoms with Gasteiger partial charge < -0.3 is 16.0 Å². The topological polar surface area (TPSA) is 88.7 Å². The lowest BCUT2D eigenvalue weighted by molar-refractivity contribution is -0.137. The van der Waals surface area contributed by atoms with Gasteiger partial charge in [0.2, 0.25) is 0 Å². The van der Waals surface area contributed by atoms with Gasteiger partial charge >= 0.3 is 11.9 Å². The molecule has 0 aliphatic rings. The quantitative estimate of drug-likeness (QED) is 0.398. The van der Waals surface area contributed by atoms with Crippen LogP contribution in [0, 0.1) is 0 Å². The van der Waals surface area contributed by atoms with Crippen molar-refractivity contribution in [1.82, 2.24) is 14.5 Å². The lowest BCUT2D eigenvalue weighted by Crippen LogP contribution is -2.39. The molecule has 0 radical (unpaired) electrons. The maximum absolute atomic E-state index is 12.7. The van der Waals surface area contributed by atoms with Gasteiger partial charge in [0.15, 0.2) is 5.13 Å². The van der Waals surface area contributed by atoms with Gasteiger partial charge in [-0.25, -0.2) is 9.78 Å². The van der Waals surface area contributed by atoms with Crippen LogP contribution in [0.2, 0.25) is 0 Å². The molecule has 0 saturated carbocycles. The van der Waals surface area contributed by atoms with Crippen molar-refractivity contribution in [3.63, 3.8) is 0 Å². The Balaban J connectivity index is 1.42. The highest BCUT2D eigenvalue weighted by Gasteiger charge is 2.30. The van der Waals surface area contributed by atoms with E-state index in [1.165, 1.54) is 23.5 Å². The fourth-order valence-corrected chi connectivity index (χ4v) is 4.34. The van der Waals surface area contributed by atoms with Gasteiger partial charge in [-0.2, -0.15) is 13.2 Å². The van der Waals surface area contributed by atoms with Crippen LogP contribution in [0.1, 0.15) is 18.1 Å². The second kappa shape index (κ2) is 8.44.